The van der Waals surface area contributed by atoms with Crippen LogP contribution >= 0.6 is 23.4 Å². The van der Waals surface area contributed by atoms with Crippen LogP contribution in [0.1, 0.15) is 38.6 Å². The molecule has 1 aromatic heterocycles. The number of halogens is 1. The summed E-state index contributed by atoms with van der Waals surface area (Å²) < 4.78 is 7.79. The standard InChI is InChI=1S/C19H24ClN5O3S/c1-12(2)9-21-18(27)22-17(26)11-29-19-24-23-16(25(19)13-7-8-13)10-28-15-6-4-3-5-14(15)20/h3-6,12-13H,7-11H2,1-2H3,(H2,21,22,26,27). The van der Waals surface area contributed by atoms with Crippen molar-refractivity contribution in [1.29, 1.82) is 0 Å². The smallest absolute Gasteiger partial charge is 0.321 e. The Morgan fingerprint density at radius 3 is 2.76 bits per heavy atom. The van der Waals surface area contributed by atoms with Gasteiger partial charge in [-0.25, -0.2) is 4.79 Å². The Morgan fingerprint density at radius 1 is 1.31 bits per heavy atom. The highest BCUT2D eigenvalue weighted by Crippen LogP contribution is 2.39. The second-order valence-electron chi connectivity index (χ2n) is 7.16. The zero-order valence-electron chi connectivity index (χ0n) is 16.4. The van der Waals surface area contributed by atoms with Crippen LogP contribution in [0.2, 0.25) is 5.02 Å². The number of aromatic nitrogens is 3. The van der Waals surface area contributed by atoms with E-state index in [4.69, 9.17) is 16.3 Å². The van der Waals surface area contributed by atoms with Crippen LogP contribution in [-0.4, -0.2) is 39.0 Å². The Morgan fingerprint density at radius 2 is 2.07 bits per heavy atom. The molecule has 3 amide bonds. The fourth-order valence-corrected chi connectivity index (χ4v) is 3.56. The maximum absolute atomic E-state index is 12.0. The van der Waals surface area contributed by atoms with Crippen LogP contribution < -0.4 is 15.4 Å². The van der Waals surface area contributed by atoms with E-state index in [1.54, 1.807) is 12.1 Å². The molecular formula is C19H24ClN5O3S. The SMILES string of the molecule is CC(C)CNC(=O)NC(=O)CSc1nnc(COc2ccccc2Cl)n1C1CC1. The van der Waals surface area contributed by atoms with Crippen LogP contribution in [0.5, 0.6) is 5.75 Å². The van der Waals surface area contributed by atoms with Gasteiger partial charge in [0.1, 0.15) is 12.4 Å². The Kier molecular flexibility index (Phi) is 7.38. The van der Waals surface area contributed by atoms with E-state index >= 15 is 0 Å². The molecule has 1 fully saturated rings. The molecule has 156 valence electrons. The van der Waals surface area contributed by atoms with Gasteiger partial charge in [0.15, 0.2) is 11.0 Å². The van der Waals surface area contributed by atoms with Crippen LogP contribution in [0.15, 0.2) is 29.4 Å². The Hall–Kier alpha value is -2.26. The third kappa shape index (κ3) is 6.37. The molecule has 2 aromatic rings. The van der Waals surface area contributed by atoms with Crippen LogP contribution in [-0.2, 0) is 11.4 Å². The average molecular weight is 438 g/mol. The number of amides is 3. The van der Waals surface area contributed by atoms with E-state index in [9.17, 15) is 9.59 Å². The molecule has 10 heteroatoms. The van der Waals surface area contributed by atoms with E-state index in [2.05, 4.69) is 20.8 Å². The zero-order valence-corrected chi connectivity index (χ0v) is 17.9. The number of ether oxygens (including phenoxy) is 1. The highest BCUT2D eigenvalue weighted by Gasteiger charge is 2.30. The fourth-order valence-electron chi connectivity index (χ4n) is 2.54. The van der Waals surface area contributed by atoms with Crippen LogP contribution in [0.3, 0.4) is 0 Å². The predicted octanol–water partition coefficient (Wildman–Crippen LogP) is 3.42. The molecule has 0 bridgehead atoms. The molecule has 29 heavy (non-hydrogen) atoms. The lowest BCUT2D eigenvalue weighted by molar-refractivity contribution is -0.117. The predicted molar refractivity (Wildman–Crippen MR) is 111 cm³/mol. The normalized spacial score (nSPS) is 13.4. The van der Waals surface area contributed by atoms with E-state index in [1.807, 2.05) is 30.5 Å². The first kappa shape index (κ1) is 21.4. The minimum Gasteiger partial charge on any atom is -0.484 e. The van der Waals surface area contributed by atoms with Gasteiger partial charge < -0.3 is 10.1 Å². The molecule has 1 aliphatic carbocycles. The van der Waals surface area contributed by atoms with Gasteiger partial charge in [-0.3, -0.25) is 14.7 Å². The quantitative estimate of drug-likeness (QED) is 0.583. The summed E-state index contributed by atoms with van der Waals surface area (Å²) in [6.45, 7) is 4.71. The number of nitrogens with zero attached hydrogens (tertiary/aromatic N) is 3. The largest absolute Gasteiger partial charge is 0.484 e. The summed E-state index contributed by atoms with van der Waals surface area (Å²) in [4.78, 5) is 23.7. The Labute approximate surface area is 178 Å². The second-order valence-corrected chi connectivity index (χ2v) is 8.51. The van der Waals surface area contributed by atoms with Gasteiger partial charge in [0, 0.05) is 12.6 Å². The van der Waals surface area contributed by atoms with Crippen molar-refractivity contribution in [2.24, 2.45) is 5.92 Å². The van der Waals surface area contributed by atoms with Gasteiger partial charge in [0.05, 0.1) is 10.8 Å². The van der Waals surface area contributed by atoms with Crippen molar-refractivity contribution in [3.05, 3.63) is 35.1 Å². The number of nitrogens with one attached hydrogen (secondary N) is 2. The summed E-state index contributed by atoms with van der Waals surface area (Å²) in [7, 11) is 0. The van der Waals surface area contributed by atoms with Gasteiger partial charge in [0.2, 0.25) is 5.91 Å². The molecule has 1 saturated carbocycles. The molecule has 3 rings (SSSR count). The molecule has 1 aromatic carbocycles. The van der Waals surface area contributed by atoms with E-state index in [0.717, 1.165) is 12.8 Å². The Balaban J connectivity index is 1.55. The average Bonchev–Trinajstić information content (AvgIpc) is 3.44. The van der Waals surface area contributed by atoms with Gasteiger partial charge in [-0.05, 0) is 30.9 Å². The first-order valence-corrected chi connectivity index (χ1v) is 10.8. The number of carbonyl (C=O) groups excluding carboxylic acids is 2. The van der Waals surface area contributed by atoms with E-state index in [0.29, 0.717) is 40.3 Å². The number of carbonyl (C=O) groups is 2. The summed E-state index contributed by atoms with van der Waals surface area (Å²) in [5, 5.41) is 14.6. The maximum atomic E-state index is 12.0. The number of benzene rings is 1. The minimum atomic E-state index is -0.484. The summed E-state index contributed by atoms with van der Waals surface area (Å²) >= 11 is 7.38. The van der Waals surface area contributed by atoms with E-state index in [1.165, 1.54) is 11.8 Å². The molecule has 0 aliphatic heterocycles. The Bertz CT molecular complexity index is 869. The molecule has 0 saturated heterocycles. The van der Waals surface area contributed by atoms with Gasteiger partial charge >= 0.3 is 6.03 Å². The molecule has 1 heterocycles. The van der Waals surface area contributed by atoms with E-state index in [-0.39, 0.29) is 18.3 Å². The van der Waals surface area contributed by atoms with Crippen LogP contribution in [0, 0.1) is 5.92 Å². The van der Waals surface area contributed by atoms with Crippen molar-refractivity contribution < 1.29 is 14.3 Å². The zero-order chi connectivity index (χ0) is 20.8. The number of hydrogen-bond donors (Lipinski definition) is 2. The molecule has 8 nitrogen and oxygen atoms in total. The van der Waals surface area contributed by atoms with Crippen molar-refractivity contribution in [2.75, 3.05) is 12.3 Å². The first-order valence-electron chi connectivity index (χ1n) is 9.45. The van der Waals surface area contributed by atoms with Gasteiger partial charge in [-0.1, -0.05) is 49.3 Å². The summed E-state index contributed by atoms with van der Waals surface area (Å²) in [6.07, 6.45) is 2.07. The van der Waals surface area contributed by atoms with Gasteiger partial charge in [-0.2, -0.15) is 0 Å². The minimum absolute atomic E-state index is 0.0747. The lowest BCUT2D eigenvalue weighted by atomic mass is 10.2. The molecule has 2 N–H and O–H groups in total. The summed E-state index contributed by atoms with van der Waals surface area (Å²) in [6, 6.07) is 7.08. The highest BCUT2D eigenvalue weighted by atomic mass is 35.5. The van der Waals surface area contributed by atoms with Gasteiger partial charge in [0.25, 0.3) is 0 Å². The third-order valence-electron chi connectivity index (χ3n) is 4.10. The van der Waals surface area contributed by atoms with Crippen molar-refractivity contribution in [3.63, 3.8) is 0 Å². The molecule has 0 spiro atoms. The topological polar surface area (TPSA) is 98.1 Å². The van der Waals surface area contributed by atoms with E-state index < -0.39 is 6.03 Å². The fraction of sp³-hybridized carbons (Fsp3) is 0.474. The van der Waals surface area contributed by atoms with Crippen molar-refractivity contribution in [2.45, 2.75) is 44.5 Å². The van der Waals surface area contributed by atoms with Crippen LogP contribution in [0.25, 0.3) is 0 Å². The molecular weight excluding hydrogens is 414 g/mol. The summed E-state index contributed by atoms with van der Waals surface area (Å²) in [5.41, 5.74) is 0. The van der Waals surface area contributed by atoms with Crippen molar-refractivity contribution >= 4 is 35.3 Å². The second kappa shape index (κ2) is 9.98. The van der Waals surface area contributed by atoms with Crippen molar-refractivity contribution in [1.82, 2.24) is 25.4 Å². The monoisotopic (exact) mass is 437 g/mol. The number of imide groups is 1. The van der Waals surface area contributed by atoms with Crippen LogP contribution in [0.4, 0.5) is 4.79 Å². The number of hydrogen-bond acceptors (Lipinski definition) is 6. The number of para-hydroxylation sites is 1. The highest BCUT2D eigenvalue weighted by molar-refractivity contribution is 7.99. The van der Waals surface area contributed by atoms with Gasteiger partial charge in [-0.15, -0.1) is 10.2 Å². The maximum Gasteiger partial charge on any atom is 0.321 e. The third-order valence-corrected chi connectivity index (χ3v) is 5.35. The number of rotatable bonds is 9. The van der Waals surface area contributed by atoms with Crippen molar-refractivity contribution in [3.8, 4) is 5.75 Å². The molecule has 1 aliphatic rings. The molecule has 0 unspecified atom stereocenters. The first-order chi connectivity index (χ1) is 13.9. The summed E-state index contributed by atoms with van der Waals surface area (Å²) in [5.74, 6) is 1.28. The molecule has 0 radical (unpaired) electrons. The number of urea groups is 1. The lowest BCUT2D eigenvalue weighted by Gasteiger charge is -2.11. The molecule has 0 atom stereocenters. The lowest BCUT2D eigenvalue weighted by Crippen LogP contribution is -2.41. The number of thioether (sulfide) groups is 1.